The minimum atomic E-state index is -3.90. The maximum absolute atomic E-state index is 13.6. The number of benzene rings is 2. The Kier molecular flexibility index (Phi) is 6.22. The summed E-state index contributed by atoms with van der Waals surface area (Å²) in [5.41, 5.74) is 3.44. The van der Waals surface area contributed by atoms with E-state index in [0.717, 1.165) is 49.9 Å². The molecule has 1 saturated heterocycles. The molecular weight excluding hydrogens is 527 g/mol. The van der Waals surface area contributed by atoms with E-state index in [4.69, 9.17) is 4.98 Å². The second-order valence-electron chi connectivity index (χ2n) is 9.53. The maximum atomic E-state index is 13.6. The van der Waals surface area contributed by atoms with Crippen molar-refractivity contribution >= 4 is 60.4 Å². The third-order valence-electron chi connectivity index (χ3n) is 7.06. The average Bonchev–Trinajstić information content (AvgIpc) is 3.68. The lowest BCUT2D eigenvalue weighted by molar-refractivity contribution is -0.122. The minimum Gasteiger partial charge on any atom is -0.274 e. The number of thiazole rings is 1. The van der Waals surface area contributed by atoms with Gasteiger partial charge in [-0.2, -0.15) is 4.31 Å². The molecule has 0 spiro atoms. The van der Waals surface area contributed by atoms with Crippen molar-refractivity contribution < 1.29 is 18.0 Å². The summed E-state index contributed by atoms with van der Waals surface area (Å²) in [5, 5.41) is 2.57. The largest absolute Gasteiger partial charge is 0.274 e. The SMILES string of the molecule is Cc1ccc2nc(-c3ccc(N4C(=O)CC(N(C5CCCC5)S(=O)(=O)c5cccs5)C4=O)cc3)sc2c1. The predicted octanol–water partition coefficient (Wildman–Crippen LogP) is 5.60. The Labute approximate surface area is 223 Å². The second kappa shape index (κ2) is 9.43. The lowest BCUT2D eigenvalue weighted by Gasteiger charge is -2.31. The minimum absolute atomic E-state index is 0.154. The van der Waals surface area contributed by atoms with Gasteiger partial charge in [0.1, 0.15) is 15.3 Å². The van der Waals surface area contributed by atoms with E-state index in [1.807, 2.05) is 31.2 Å². The Balaban J connectivity index is 1.30. The Bertz CT molecular complexity index is 1590. The Morgan fingerprint density at radius 3 is 2.49 bits per heavy atom. The van der Waals surface area contributed by atoms with Crippen molar-refractivity contribution in [3.8, 4) is 10.6 Å². The number of hydrogen-bond acceptors (Lipinski definition) is 7. The molecule has 0 radical (unpaired) electrons. The summed E-state index contributed by atoms with van der Waals surface area (Å²) in [6, 6.07) is 15.2. The van der Waals surface area contributed by atoms with Crippen molar-refractivity contribution in [2.24, 2.45) is 0 Å². The van der Waals surface area contributed by atoms with Crippen LogP contribution in [0, 0.1) is 6.92 Å². The summed E-state index contributed by atoms with van der Waals surface area (Å²) >= 11 is 2.72. The number of thiophene rings is 1. The summed E-state index contributed by atoms with van der Waals surface area (Å²) in [6.45, 7) is 2.05. The monoisotopic (exact) mass is 551 g/mol. The zero-order chi connectivity index (χ0) is 25.7. The second-order valence-corrected chi connectivity index (χ2v) is 13.6. The van der Waals surface area contributed by atoms with Crippen LogP contribution >= 0.6 is 22.7 Å². The van der Waals surface area contributed by atoms with Gasteiger partial charge >= 0.3 is 0 Å². The first kappa shape index (κ1) is 24.4. The van der Waals surface area contributed by atoms with Gasteiger partial charge in [0.15, 0.2) is 0 Å². The van der Waals surface area contributed by atoms with Gasteiger partial charge in [-0.3, -0.25) is 9.59 Å². The van der Waals surface area contributed by atoms with Crippen LogP contribution in [0.4, 0.5) is 5.69 Å². The van der Waals surface area contributed by atoms with Crippen LogP contribution in [0.3, 0.4) is 0 Å². The van der Waals surface area contributed by atoms with Crippen LogP contribution < -0.4 is 4.90 Å². The fourth-order valence-corrected chi connectivity index (χ4v) is 9.28. The van der Waals surface area contributed by atoms with Crippen molar-refractivity contribution in [3.05, 3.63) is 65.5 Å². The number of fused-ring (bicyclic) bond motifs is 1. The summed E-state index contributed by atoms with van der Waals surface area (Å²) in [7, 11) is -3.90. The normalized spacial score (nSPS) is 19.1. The summed E-state index contributed by atoms with van der Waals surface area (Å²) < 4.78 is 29.9. The van der Waals surface area contributed by atoms with E-state index >= 15 is 0 Å². The van der Waals surface area contributed by atoms with Crippen LogP contribution in [-0.2, 0) is 19.6 Å². The van der Waals surface area contributed by atoms with E-state index in [1.165, 1.54) is 9.87 Å². The van der Waals surface area contributed by atoms with Gasteiger partial charge in [-0.15, -0.1) is 22.7 Å². The molecule has 2 fully saturated rings. The van der Waals surface area contributed by atoms with Gasteiger partial charge in [-0.25, -0.2) is 18.3 Å². The van der Waals surface area contributed by atoms with Crippen molar-refractivity contribution in [2.75, 3.05) is 4.90 Å². The summed E-state index contributed by atoms with van der Waals surface area (Å²) in [5.74, 6) is -0.872. The summed E-state index contributed by atoms with van der Waals surface area (Å²) in [4.78, 5) is 32.6. The number of carbonyl (C=O) groups is 2. The lowest BCUT2D eigenvalue weighted by atomic mass is 10.1. The van der Waals surface area contributed by atoms with Crippen LogP contribution in [0.1, 0.15) is 37.7 Å². The molecule has 37 heavy (non-hydrogen) atoms. The van der Waals surface area contributed by atoms with Crippen molar-refractivity contribution in [2.45, 2.75) is 55.3 Å². The zero-order valence-corrected chi connectivity index (χ0v) is 22.6. The van der Waals surface area contributed by atoms with Crippen LogP contribution in [0.15, 0.2) is 64.2 Å². The smallest absolute Gasteiger partial charge is 0.253 e. The Hall–Kier alpha value is -2.92. The highest BCUT2D eigenvalue weighted by atomic mass is 32.2. The van der Waals surface area contributed by atoms with Gasteiger partial charge in [0.2, 0.25) is 5.91 Å². The molecule has 10 heteroatoms. The first-order valence-electron chi connectivity index (χ1n) is 12.2. The molecule has 2 aromatic carbocycles. The lowest BCUT2D eigenvalue weighted by Crippen LogP contribution is -2.49. The molecule has 2 aliphatic rings. The number of imide groups is 1. The molecular formula is C27H25N3O4S3. The molecule has 1 unspecified atom stereocenters. The van der Waals surface area contributed by atoms with Crippen molar-refractivity contribution in [1.82, 2.24) is 9.29 Å². The topological polar surface area (TPSA) is 87.7 Å². The van der Waals surface area contributed by atoms with E-state index in [2.05, 4.69) is 6.07 Å². The third-order valence-corrected chi connectivity index (χ3v) is 11.5. The molecule has 0 N–H and O–H groups in total. The molecule has 1 aliphatic heterocycles. The number of carbonyl (C=O) groups excluding carboxylic acids is 2. The molecule has 4 aromatic rings. The number of hydrogen-bond donors (Lipinski definition) is 0. The molecule has 190 valence electrons. The fourth-order valence-electron chi connectivity index (χ4n) is 5.29. The summed E-state index contributed by atoms with van der Waals surface area (Å²) in [6.07, 6.45) is 3.05. The fraction of sp³-hybridized carbons (Fsp3) is 0.296. The highest BCUT2D eigenvalue weighted by Gasteiger charge is 2.50. The Morgan fingerprint density at radius 2 is 1.78 bits per heavy atom. The highest BCUT2D eigenvalue weighted by Crippen LogP contribution is 2.37. The van der Waals surface area contributed by atoms with Crippen LogP contribution in [0.25, 0.3) is 20.8 Å². The molecule has 1 saturated carbocycles. The van der Waals surface area contributed by atoms with E-state index in [-0.39, 0.29) is 22.6 Å². The number of amides is 2. The van der Waals surface area contributed by atoms with Crippen LogP contribution in [0.2, 0.25) is 0 Å². The molecule has 2 aromatic heterocycles. The maximum Gasteiger partial charge on any atom is 0.253 e. The predicted molar refractivity (Wildman–Crippen MR) is 146 cm³/mol. The molecule has 1 atom stereocenters. The van der Waals surface area contributed by atoms with E-state index < -0.39 is 22.0 Å². The van der Waals surface area contributed by atoms with Crippen LogP contribution in [-0.4, -0.2) is 41.6 Å². The van der Waals surface area contributed by atoms with Gasteiger partial charge in [0.05, 0.1) is 22.3 Å². The van der Waals surface area contributed by atoms with Crippen molar-refractivity contribution in [1.29, 1.82) is 0 Å². The number of nitrogens with zero attached hydrogens (tertiary/aromatic N) is 3. The van der Waals surface area contributed by atoms with Gasteiger partial charge < -0.3 is 0 Å². The van der Waals surface area contributed by atoms with E-state index in [0.29, 0.717) is 18.5 Å². The standard InChI is InChI=1S/C27H25N3O4S3/c1-17-8-13-21-23(15-17)36-26(28-21)18-9-11-19(12-10-18)29-24(31)16-22(27(29)32)30(20-5-2-3-6-20)37(33,34)25-7-4-14-35-25/h4,7-15,20,22H,2-3,5-6,16H2,1H3. The van der Waals surface area contributed by atoms with Gasteiger partial charge in [0.25, 0.3) is 15.9 Å². The number of sulfonamides is 1. The number of aryl methyl sites for hydroxylation is 1. The van der Waals surface area contributed by atoms with Crippen LogP contribution in [0.5, 0.6) is 0 Å². The molecule has 0 bridgehead atoms. The number of aromatic nitrogens is 1. The molecule has 2 amide bonds. The van der Waals surface area contributed by atoms with Crippen molar-refractivity contribution in [3.63, 3.8) is 0 Å². The molecule has 6 rings (SSSR count). The van der Waals surface area contributed by atoms with E-state index in [1.54, 1.807) is 41.0 Å². The Morgan fingerprint density at radius 1 is 1.03 bits per heavy atom. The molecule has 1 aliphatic carbocycles. The average molecular weight is 552 g/mol. The first-order valence-corrected chi connectivity index (χ1v) is 15.4. The first-order chi connectivity index (χ1) is 17.8. The third kappa shape index (κ3) is 4.31. The number of anilines is 1. The van der Waals surface area contributed by atoms with Gasteiger partial charge in [0, 0.05) is 11.6 Å². The van der Waals surface area contributed by atoms with Gasteiger partial charge in [-0.05, 0) is 73.2 Å². The highest BCUT2D eigenvalue weighted by molar-refractivity contribution is 7.91. The van der Waals surface area contributed by atoms with E-state index in [9.17, 15) is 18.0 Å². The van der Waals surface area contributed by atoms with Gasteiger partial charge in [-0.1, -0.05) is 25.0 Å². The zero-order valence-electron chi connectivity index (χ0n) is 20.2. The molecule has 3 heterocycles. The number of rotatable bonds is 6. The quantitative estimate of drug-likeness (QED) is 0.291. The molecule has 7 nitrogen and oxygen atoms in total.